The van der Waals surface area contributed by atoms with Gasteiger partial charge in [-0.05, 0) is 214 Å². The maximum Gasteiger partial charge on any atom is 0.322 e. The molecule has 346 valence electrons. The molecule has 0 unspecified atom stereocenters. The minimum Gasteiger partial charge on any atom is -0.481 e. The minimum absolute atomic E-state index is 0.215. The van der Waals surface area contributed by atoms with E-state index in [1.54, 1.807) is 0 Å². The van der Waals surface area contributed by atoms with Gasteiger partial charge in [-0.1, -0.05) is 0 Å². The fraction of sp³-hybridized carbons (Fsp3) is 0.917. The van der Waals surface area contributed by atoms with Crippen LogP contribution in [0.5, 0.6) is 0 Å². The lowest BCUT2D eigenvalue weighted by atomic mass is 9.33. The first-order chi connectivity index (χ1) is 26.6. The molecule has 12 heteroatoms. The van der Waals surface area contributed by atoms with Crippen molar-refractivity contribution in [2.75, 3.05) is 28.2 Å². The standard InChI is InChI=1S/C48H86N4O8/c1-38(2)21-30(22-39(3,4)49(38)17)46(29-34(53)54,31-23-40(5,6)50(18)41(7,8)24-31)48(36(57)58,37(59)60)47(35(55)56,32-25-42(9,10)51(19)43(11,12)26-32)33-27-44(13,14)52(20)45(15,16)28-33/h30-33H,21-29H2,1-20H3,(H,53,54)(H,55,56)(H,57,58)(H,59,60). The van der Waals surface area contributed by atoms with Crippen LogP contribution < -0.4 is 0 Å². The third-order valence-corrected chi connectivity index (χ3v) is 18.7. The van der Waals surface area contributed by atoms with E-state index in [0.717, 1.165) is 0 Å². The summed E-state index contributed by atoms with van der Waals surface area (Å²) in [5.74, 6) is -9.74. The van der Waals surface area contributed by atoms with Crippen LogP contribution in [0.25, 0.3) is 0 Å². The summed E-state index contributed by atoms with van der Waals surface area (Å²) in [6.07, 6.45) is 1.24. The van der Waals surface area contributed by atoms with Crippen LogP contribution in [0.1, 0.15) is 169 Å². The Morgan fingerprint density at radius 3 is 0.767 bits per heavy atom. The van der Waals surface area contributed by atoms with Crippen LogP contribution in [-0.4, -0.2) is 136 Å². The highest BCUT2D eigenvalue weighted by Crippen LogP contribution is 2.74. The van der Waals surface area contributed by atoms with Gasteiger partial charge in [0.15, 0.2) is 5.41 Å². The normalized spacial score (nSPS) is 28.3. The lowest BCUT2D eigenvalue weighted by Crippen LogP contribution is -2.78. The van der Waals surface area contributed by atoms with E-state index in [4.69, 9.17) is 0 Å². The SMILES string of the molecule is CN1C(C)(C)CC(C(CC(=O)O)(C2CC(C)(C)N(C)C(C)(C)C2)C(C(=O)O)(C(=O)O)C(C(=O)O)(C2CC(C)(C)N(C)C(C)(C)C2)C2CC(C)(C)N(C)C(C)(C)C2)CC1(C)C. The van der Waals surface area contributed by atoms with Crippen LogP contribution in [-0.2, 0) is 19.2 Å². The van der Waals surface area contributed by atoms with E-state index >= 15 is 14.4 Å². The number of carboxylic acids is 4. The lowest BCUT2D eigenvalue weighted by molar-refractivity contribution is -0.263. The third-order valence-electron chi connectivity index (χ3n) is 18.7. The molecule has 0 amide bonds. The number of aliphatic carboxylic acids is 4. The Balaban J connectivity index is 2.45. The molecule has 0 aromatic carbocycles. The van der Waals surface area contributed by atoms with Crippen molar-refractivity contribution >= 4 is 23.9 Å². The first-order valence-corrected chi connectivity index (χ1v) is 22.5. The van der Waals surface area contributed by atoms with Crippen molar-refractivity contribution in [1.82, 2.24) is 19.6 Å². The first-order valence-electron chi connectivity index (χ1n) is 22.5. The molecule has 4 aliphatic heterocycles. The lowest BCUT2D eigenvalue weighted by Gasteiger charge is -2.70. The molecular formula is C48H86N4O8. The van der Waals surface area contributed by atoms with E-state index in [1.165, 1.54) is 0 Å². The topological polar surface area (TPSA) is 162 Å². The highest BCUT2D eigenvalue weighted by Gasteiger charge is 2.84. The fourth-order valence-electron chi connectivity index (χ4n) is 15.2. The molecule has 0 radical (unpaired) electrons. The van der Waals surface area contributed by atoms with Gasteiger partial charge in [0, 0.05) is 49.7 Å². The summed E-state index contributed by atoms with van der Waals surface area (Å²) in [4.78, 5) is 70.1. The summed E-state index contributed by atoms with van der Waals surface area (Å²) in [5, 5.41) is 49.7. The molecule has 4 fully saturated rings. The van der Waals surface area contributed by atoms with Gasteiger partial charge in [0.2, 0.25) is 0 Å². The number of nitrogens with zero attached hydrogens (tertiary/aromatic N) is 4. The predicted molar refractivity (Wildman–Crippen MR) is 237 cm³/mol. The zero-order chi connectivity index (χ0) is 46.8. The summed E-state index contributed by atoms with van der Waals surface area (Å²) in [5.41, 5.74) is -12.9. The van der Waals surface area contributed by atoms with Gasteiger partial charge in [0.05, 0.1) is 6.42 Å². The average molecular weight is 847 g/mol. The number of piperidine rings is 4. The van der Waals surface area contributed by atoms with Crippen molar-refractivity contribution in [1.29, 1.82) is 0 Å². The predicted octanol–water partition coefficient (Wildman–Crippen LogP) is 8.27. The van der Waals surface area contributed by atoms with Gasteiger partial charge in [0.1, 0.15) is 5.41 Å². The van der Waals surface area contributed by atoms with Crippen molar-refractivity contribution in [2.24, 2.45) is 39.9 Å². The third kappa shape index (κ3) is 7.34. The Morgan fingerprint density at radius 1 is 0.400 bits per heavy atom. The molecule has 0 aromatic heterocycles. The maximum absolute atomic E-state index is 15.7. The number of hydrogen-bond acceptors (Lipinski definition) is 8. The average Bonchev–Trinajstić information content (AvgIpc) is 3.03. The van der Waals surface area contributed by atoms with Crippen LogP contribution >= 0.6 is 0 Å². The van der Waals surface area contributed by atoms with Crippen LogP contribution in [0.3, 0.4) is 0 Å². The highest BCUT2D eigenvalue weighted by molar-refractivity contribution is 6.06. The Kier molecular flexibility index (Phi) is 12.5. The second kappa shape index (κ2) is 14.9. The Bertz CT molecular complexity index is 1540. The molecule has 0 aliphatic carbocycles. The maximum atomic E-state index is 15.7. The van der Waals surface area contributed by atoms with Gasteiger partial charge >= 0.3 is 23.9 Å². The molecule has 4 rings (SSSR count). The van der Waals surface area contributed by atoms with Gasteiger partial charge in [0.25, 0.3) is 0 Å². The van der Waals surface area contributed by atoms with E-state index in [1.807, 2.05) is 83.6 Å². The number of carboxylic acid groups (broad SMARTS) is 4. The largest absolute Gasteiger partial charge is 0.481 e. The van der Waals surface area contributed by atoms with Crippen LogP contribution in [0.15, 0.2) is 0 Å². The van der Waals surface area contributed by atoms with Crippen molar-refractivity contribution in [3.63, 3.8) is 0 Å². The van der Waals surface area contributed by atoms with E-state index in [-0.39, 0.29) is 25.7 Å². The molecule has 4 heterocycles. The smallest absolute Gasteiger partial charge is 0.322 e. The Morgan fingerprint density at radius 2 is 0.600 bits per heavy atom. The molecule has 0 atom stereocenters. The second-order valence-corrected chi connectivity index (χ2v) is 25.3. The summed E-state index contributed by atoms with van der Waals surface area (Å²) in [6, 6.07) is 0. The van der Waals surface area contributed by atoms with Gasteiger partial charge in [-0.2, -0.15) is 0 Å². The van der Waals surface area contributed by atoms with E-state index in [0.29, 0.717) is 25.7 Å². The number of hydrogen-bond donors (Lipinski definition) is 4. The van der Waals surface area contributed by atoms with Crippen LogP contribution in [0, 0.1) is 39.9 Å². The van der Waals surface area contributed by atoms with Crippen molar-refractivity contribution in [3.8, 4) is 0 Å². The van der Waals surface area contributed by atoms with E-state index < -0.39 is 115 Å². The van der Waals surface area contributed by atoms with Crippen LogP contribution in [0.2, 0.25) is 0 Å². The van der Waals surface area contributed by atoms with E-state index in [2.05, 4.69) is 75.0 Å². The van der Waals surface area contributed by atoms with Crippen molar-refractivity contribution in [2.45, 2.75) is 213 Å². The molecule has 12 nitrogen and oxygen atoms in total. The fourth-order valence-corrected chi connectivity index (χ4v) is 15.2. The minimum atomic E-state index is -3.11. The second-order valence-electron chi connectivity index (χ2n) is 25.3. The summed E-state index contributed by atoms with van der Waals surface area (Å²) < 4.78 is 0. The molecule has 0 bridgehead atoms. The molecular weight excluding hydrogens is 761 g/mol. The molecule has 4 N–H and O–H groups in total. The first kappa shape index (κ1) is 50.4. The number of likely N-dealkylation sites (tertiary alicyclic amines) is 4. The van der Waals surface area contributed by atoms with Crippen molar-refractivity contribution in [3.05, 3.63) is 0 Å². The summed E-state index contributed by atoms with van der Waals surface area (Å²) >= 11 is 0. The van der Waals surface area contributed by atoms with Gasteiger partial charge < -0.3 is 20.4 Å². The Hall–Kier alpha value is -2.28. The van der Waals surface area contributed by atoms with Gasteiger partial charge in [-0.15, -0.1) is 0 Å². The molecule has 0 spiro atoms. The highest BCUT2D eigenvalue weighted by atomic mass is 16.4. The van der Waals surface area contributed by atoms with Crippen LogP contribution in [0.4, 0.5) is 0 Å². The van der Waals surface area contributed by atoms with E-state index in [9.17, 15) is 25.2 Å². The molecule has 60 heavy (non-hydrogen) atoms. The quantitative estimate of drug-likeness (QED) is 0.148. The van der Waals surface area contributed by atoms with Gasteiger partial charge in [-0.25, -0.2) is 0 Å². The summed E-state index contributed by atoms with van der Waals surface area (Å²) in [6.45, 7) is 32.8. The molecule has 0 saturated carbocycles. The van der Waals surface area contributed by atoms with Crippen molar-refractivity contribution < 1.29 is 39.6 Å². The number of rotatable bonds is 11. The Labute approximate surface area is 363 Å². The number of carbonyl (C=O) groups is 4. The molecule has 4 saturated heterocycles. The molecule has 0 aromatic rings. The monoisotopic (exact) mass is 847 g/mol. The zero-order valence-corrected chi connectivity index (χ0v) is 41.4. The summed E-state index contributed by atoms with van der Waals surface area (Å²) in [7, 11) is 8.04. The molecule has 4 aliphatic rings. The van der Waals surface area contributed by atoms with Gasteiger partial charge in [-0.3, -0.25) is 38.8 Å². The zero-order valence-electron chi connectivity index (χ0n) is 41.4.